The summed E-state index contributed by atoms with van der Waals surface area (Å²) in [5.74, 6) is 0.417. The van der Waals surface area contributed by atoms with Gasteiger partial charge in [0.15, 0.2) is 10.8 Å². The van der Waals surface area contributed by atoms with Crippen molar-refractivity contribution in [3.05, 3.63) is 65.2 Å². The Morgan fingerprint density at radius 3 is 2.82 bits per heavy atom. The monoisotopic (exact) mass is 314 g/mol. The van der Waals surface area contributed by atoms with Crippen molar-refractivity contribution in [3.8, 4) is 10.8 Å². The van der Waals surface area contributed by atoms with Gasteiger partial charge in [0.1, 0.15) is 5.82 Å². The first kappa shape index (κ1) is 14.7. The van der Waals surface area contributed by atoms with Crippen LogP contribution < -0.4 is 5.32 Å². The van der Waals surface area contributed by atoms with Crippen molar-refractivity contribution in [2.24, 2.45) is 0 Å². The maximum Gasteiger partial charge on any atom is 0.188 e. The molecule has 3 rings (SSSR count). The second-order valence-corrected chi connectivity index (χ2v) is 5.73. The molecule has 0 saturated heterocycles. The minimum absolute atomic E-state index is 0.0498. The summed E-state index contributed by atoms with van der Waals surface area (Å²) in [6, 6.07) is 8.45. The van der Waals surface area contributed by atoms with Crippen molar-refractivity contribution in [2.75, 3.05) is 0 Å². The maximum absolute atomic E-state index is 13.2. The molecule has 2 heterocycles. The van der Waals surface area contributed by atoms with E-state index >= 15 is 0 Å². The highest BCUT2D eigenvalue weighted by atomic mass is 32.1. The molecule has 0 aliphatic heterocycles. The maximum atomic E-state index is 13.2. The highest BCUT2D eigenvalue weighted by molar-refractivity contribution is 7.13. The van der Waals surface area contributed by atoms with Crippen molar-refractivity contribution < 1.29 is 4.39 Å². The fourth-order valence-corrected chi connectivity index (χ4v) is 2.82. The van der Waals surface area contributed by atoms with E-state index in [2.05, 4.69) is 20.3 Å². The summed E-state index contributed by atoms with van der Waals surface area (Å²) in [4.78, 5) is 12.9. The molecule has 2 aromatic heterocycles. The SMILES string of the molecule is C[C@@H](NCc1csc(-c2ncccn2)n1)c1cccc(F)c1. The number of benzene rings is 1. The van der Waals surface area contributed by atoms with Crippen LogP contribution in [0, 0.1) is 5.82 Å². The lowest BCUT2D eigenvalue weighted by Gasteiger charge is -2.13. The van der Waals surface area contributed by atoms with Crippen LogP contribution >= 0.6 is 11.3 Å². The first-order valence-electron chi connectivity index (χ1n) is 6.93. The molecular weight excluding hydrogens is 299 g/mol. The van der Waals surface area contributed by atoms with E-state index in [-0.39, 0.29) is 11.9 Å². The molecule has 1 atom stereocenters. The summed E-state index contributed by atoms with van der Waals surface area (Å²) in [7, 11) is 0. The van der Waals surface area contributed by atoms with E-state index in [9.17, 15) is 4.39 Å². The average Bonchev–Trinajstić information content (AvgIpc) is 3.02. The molecule has 0 spiro atoms. The van der Waals surface area contributed by atoms with Crippen LogP contribution in [0.25, 0.3) is 10.8 Å². The van der Waals surface area contributed by atoms with Crippen molar-refractivity contribution in [3.63, 3.8) is 0 Å². The predicted molar refractivity (Wildman–Crippen MR) is 84.8 cm³/mol. The van der Waals surface area contributed by atoms with Gasteiger partial charge in [-0.1, -0.05) is 12.1 Å². The summed E-state index contributed by atoms with van der Waals surface area (Å²) in [6.07, 6.45) is 3.40. The van der Waals surface area contributed by atoms with Crippen LogP contribution in [0.1, 0.15) is 24.2 Å². The van der Waals surface area contributed by atoms with Crippen LogP contribution in [-0.4, -0.2) is 15.0 Å². The Kier molecular flexibility index (Phi) is 4.50. The third-order valence-corrected chi connectivity index (χ3v) is 4.13. The van der Waals surface area contributed by atoms with Crippen molar-refractivity contribution in [1.29, 1.82) is 0 Å². The second kappa shape index (κ2) is 6.72. The summed E-state index contributed by atoms with van der Waals surface area (Å²) in [5.41, 5.74) is 1.84. The summed E-state index contributed by atoms with van der Waals surface area (Å²) in [6.45, 7) is 2.61. The summed E-state index contributed by atoms with van der Waals surface area (Å²) in [5, 5.41) is 6.13. The van der Waals surface area contributed by atoms with E-state index in [1.54, 1.807) is 30.6 Å². The minimum atomic E-state index is -0.219. The van der Waals surface area contributed by atoms with E-state index in [4.69, 9.17) is 0 Å². The molecule has 0 saturated carbocycles. The van der Waals surface area contributed by atoms with Crippen LogP contribution in [-0.2, 0) is 6.54 Å². The van der Waals surface area contributed by atoms with E-state index in [1.807, 2.05) is 18.4 Å². The number of hydrogen-bond donors (Lipinski definition) is 1. The Balaban J connectivity index is 1.64. The smallest absolute Gasteiger partial charge is 0.188 e. The molecule has 1 N–H and O–H groups in total. The molecule has 0 aliphatic rings. The van der Waals surface area contributed by atoms with E-state index in [1.165, 1.54) is 17.4 Å². The molecule has 0 aliphatic carbocycles. The van der Waals surface area contributed by atoms with Crippen LogP contribution in [0.4, 0.5) is 4.39 Å². The van der Waals surface area contributed by atoms with E-state index in [0.29, 0.717) is 12.4 Å². The zero-order valence-electron chi connectivity index (χ0n) is 12.0. The van der Waals surface area contributed by atoms with Crippen molar-refractivity contribution in [1.82, 2.24) is 20.3 Å². The highest BCUT2D eigenvalue weighted by Crippen LogP contribution is 2.20. The molecule has 22 heavy (non-hydrogen) atoms. The molecule has 6 heteroatoms. The van der Waals surface area contributed by atoms with Gasteiger partial charge in [-0.3, -0.25) is 0 Å². The fourth-order valence-electron chi connectivity index (χ4n) is 2.05. The van der Waals surface area contributed by atoms with Gasteiger partial charge in [0, 0.05) is 30.4 Å². The Hall–Kier alpha value is -2.18. The molecule has 3 aromatic rings. The largest absolute Gasteiger partial charge is 0.305 e. The van der Waals surface area contributed by atoms with Gasteiger partial charge in [-0.05, 0) is 30.7 Å². The standard InChI is InChI=1S/C16H15FN4S/c1-11(12-4-2-5-13(17)8-12)20-9-14-10-22-16(21-14)15-18-6-3-7-19-15/h2-8,10-11,20H,9H2,1H3/t11-/m1/s1. The molecule has 4 nitrogen and oxygen atoms in total. The van der Waals surface area contributed by atoms with Gasteiger partial charge in [-0.2, -0.15) is 0 Å². The zero-order chi connectivity index (χ0) is 15.4. The minimum Gasteiger partial charge on any atom is -0.305 e. The second-order valence-electron chi connectivity index (χ2n) is 4.87. The molecule has 1 aromatic carbocycles. The number of halogens is 1. The molecular formula is C16H15FN4S. The lowest BCUT2D eigenvalue weighted by atomic mass is 10.1. The molecule has 0 unspecified atom stereocenters. The van der Waals surface area contributed by atoms with Gasteiger partial charge in [0.25, 0.3) is 0 Å². The third-order valence-electron chi connectivity index (χ3n) is 3.25. The Labute approximate surface area is 132 Å². The number of rotatable bonds is 5. The molecule has 0 bridgehead atoms. The Morgan fingerprint density at radius 1 is 1.23 bits per heavy atom. The number of thiazole rings is 1. The van der Waals surface area contributed by atoms with Crippen molar-refractivity contribution in [2.45, 2.75) is 19.5 Å². The van der Waals surface area contributed by atoms with Gasteiger partial charge in [0.2, 0.25) is 0 Å². The summed E-state index contributed by atoms with van der Waals surface area (Å²) >= 11 is 1.52. The highest BCUT2D eigenvalue weighted by Gasteiger charge is 2.09. The van der Waals surface area contributed by atoms with Gasteiger partial charge < -0.3 is 5.32 Å². The van der Waals surface area contributed by atoms with Gasteiger partial charge in [-0.15, -0.1) is 11.3 Å². The van der Waals surface area contributed by atoms with Gasteiger partial charge in [0.05, 0.1) is 5.69 Å². The fraction of sp³-hybridized carbons (Fsp3) is 0.188. The zero-order valence-corrected chi connectivity index (χ0v) is 12.8. The lowest BCUT2D eigenvalue weighted by molar-refractivity contribution is 0.560. The Morgan fingerprint density at radius 2 is 2.05 bits per heavy atom. The number of aromatic nitrogens is 3. The van der Waals surface area contributed by atoms with Crippen LogP contribution in [0.3, 0.4) is 0 Å². The van der Waals surface area contributed by atoms with Gasteiger partial charge >= 0.3 is 0 Å². The number of nitrogens with one attached hydrogen (secondary N) is 1. The molecule has 112 valence electrons. The quantitative estimate of drug-likeness (QED) is 0.782. The average molecular weight is 314 g/mol. The van der Waals surface area contributed by atoms with E-state index < -0.39 is 0 Å². The molecule has 0 fully saturated rings. The topological polar surface area (TPSA) is 50.7 Å². The summed E-state index contributed by atoms with van der Waals surface area (Å²) < 4.78 is 13.2. The number of nitrogens with zero attached hydrogens (tertiary/aromatic N) is 3. The molecule has 0 amide bonds. The Bertz CT molecular complexity index is 745. The first-order valence-corrected chi connectivity index (χ1v) is 7.81. The first-order chi connectivity index (χ1) is 10.7. The normalized spacial score (nSPS) is 12.3. The van der Waals surface area contributed by atoms with E-state index in [0.717, 1.165) is 16.3 Å². The van der Waals surface area contributed by atoms with Crippen molar-refractivity contribution >= 4 is 11.3 Å². The molecule has 0 radical (unpaired) electrons. The predicted octanol–water partition coefficient (Wildman–Crippen LogP) is 3.59. The van der Waals surface area contributed by atoms with Crippen LogP contribution in [0.5, 0.6) is 0 Å². The van der Waals surface area contributed by atoms with Gasteiger partial charge in [-0.25, -0.2) is 19.3 Å². The van der Waals surface area contributed by atoms with Crippen LogP contribution in [0.15, 0.2) is 48.1 Å². The lowest BCUT2D eigenvalue weighted by Crippen LogP contribution is -2.18. The van der Waals surface area contributed by atoms with Crippen LogP contribution in [0.2, 0.25) is 0 Å². The third kappa shape index (κ3) is 3.52. The number of hydrogen-bond acceptors (Lipinski definition) is 5.